The Morgan fingerprint density at radius 1 is 1.35 bits per heavy atom. The molecule has 1 heterocycles. The maximum Gasteiger partial charge on any atom is 0.328 e. The Kier molecular flexibility index (Phi) is 3.05. The number of aryl methyl sites for hydroxylation is 1. The first kappa shape index (κ1) is 11.1. The number of hydrogen-bond acceptors (Lipinski definition) is 2. The molecule has 0 radical (unpaired) electrons. The molecule has 0 saturated carbocycles. The van der Waals surface area contributed by atoms with Crippen LogP contribution in [0.1, 0.15) is 11.1 Å². The van der Waals surface area contributed by atoms with E-state index in [-0.39, 0.29) is 0 Å². The largest absolute Gasteiger partial charge is 0.478 e. The van der Waals surface area contributed by atoms with Crippen molar-refractivity contribution in [3.8, 4) is 5.69 Å². The maximum absolute atomic E-state index is 10.4. The number of carbonyl (C=O) groups is 1. The first-order valence-corrected chi connectivity index (χ1v) is 5.18. The second-order valence-corrected chi connectivity index (χ2v) is 3.73. The summed E-state index contributed by atoms with van der Waals surface area (Å²) < 4.78 is 1.71. The average Bonchev–Trinajstić information content (AvgIpc) is 2.76. The van der Waals surface area contributed by atoms with Gasteiger partial charge in [-0.3, -0.25) is 0 Å². The molecule has 0 aliphatic carbocycles. The molecule has 0 spiro atoms. The SMILES string of the molecule is Cc1ccc(-n2cc(/C=C/C(=O)O)cn2)cc1. The molecule has 86 valence electrons. The number of aliphatic carboxylic acids is 1. The molecule has 1 aromatic carbocycles. The van der Waals surface area contributed by atoms with Gasteiger partial charge < -0.3 is 5.11 Å². The van der Waals surface area contributed by atoms with Crippen molar-refractivity contribution in [1.82, 2.24) is 9.78 Å². The molecule has 0 aliphatic heterocycles. The molecule has 0 aliphatic rings. The van der Waals surface area contributed by atoms with E-state index in [4.69, 9.17) is 5.11 Å². The summed E-state index contributed by atoms with van der Waals surface area (Å²) in [5.74, 6) is -0.965. The highest BCUT2D eigenvalue weighted by Crippen LogP contribution is 2.10. The monoisotopic (exact) mass is 228 g/mol. The molecule has 17 heavy (non-hydrogen) atoms. The second kappa shape index (κ2) is 4.65. The Balaban J connectivity index is 2.23. The summed E-state index contributed by atoms with van der Waals surface area (Å²) in [7, 11) is 0. The van der Waals surface area contributed by atoms with Crippen molar-refractivity contribution in [3.63, 3.8) is 0 Å². The number of nitrogens with zero attached hydrogens (tertiary/aromatic N) is 2. The molecule has 1 aromatic heterocycles. The van der Waals surface area contributed by atoms with Crippen LogP contribution in [-0.2, 0) is 4.79 Å². The van der Waals surface area contributed by atoms with Gasteiger partial charge in [0.05, 0.1) is 11.9 Å². The molecule has 0 fully saturated rings. The van der Waals surface area contributed by atoms with Crippen molar-refractivity contribution in [3.05, 3.63) is 53.9 Å². The Morgan fingerprint density at radius 2 is 2.06 bits per heavy atom. The zero-order valence-corrected chi connectivity index (χ0v) is 9.37. The lowest BCUT2D eigenvalue weighted by molar-refractivity contribution is -0.131. The molecule has 0 amide bonds. The van der Waals surface area contributed by atoms with Crippen LogP contribution in [0.2, 0.25) is 0 Å². The van der Waals surface area contributed by atoms with Gasteiger partial charge in [0.25, 0.3) is 0 Å². The van der Waals surface area contributed by atoms with Crippen LogP contribution >= 0.6 is 0 Å². The number of hydrogen-bond donors (Lipinski definition) is 1. The summed E-state index contributed by atoms with van der Waals surface area (Å²) in [6.45, 7) is 2.02. The first-order valence-electron chi connectivity index (χ1n) is 5.18. The van der Waals surface area contributed by atoms with Crippen molar-refractivity contribution in [1.29, 1.82) is 0 Å². The van der Waals surface area contributed by atoms with E-state index in [2.05, 4.69) is 5.10 Å². The van der Waals surface area contributed by atoms with E-state index < -0.39 is 5.97 Å². The Bertz CT molecular complexity index is 553. The van der Waals surface area contributed by atoms with Gasteiger partial charge in [0.2, 0.25) is 0 Å². The molecular formula is C13H12N2O2. The van der Waals surface area contributed by atoms with Crippen LogP contribution in [0, 0.1) is 6.92 Å². The van der Waals surface area contributed by atoms with Gasteiger partial charge in [0, 0.05) is 17.8 Å². The molecule has 0 saturated heterocycles. The molecule has 1 N–H and O–H groups in total. The van der Waals surface area contributed by atoms with Gasteiger partial charge >= 0.3 is 5.97 Å². The molecule has 4 nitrogen and oxygen atoms in total. The fourth-order valence-electron chi connectivity index (χ4n) is 1.43. The van der Waals surface area contributed by atoms with Gasteiger partial charge in [-0.05, 0) is 25.1 Å². The molecular weight excluding hydrogens is 216 g/mol. The van der Waals surface area contributed by atoms with Gasteiger partial charge in [-0.2, -0.15) is 5.10 Å². The highest BCUT2D eigenvalue weighted by molar-refractivity contribution is 5.85. The van der Waals surface area contributed by atoms with Crippen LogP contribution in [0.4, 0.5) is 0 Å². The lowest BCUT2D eigenvalue weighted by Crippen LogP contribution is -1.93. The summed E-state index contributed by atoms with van der Waals surface area (Å²) >= 11 is 0. The molecule has 2 rings (SSSR count). The van der Waals surface area contributed by atoms with E-state index in [1.54, 1.807) is 17.1 Å². The maximum atomic E-state index is 10.4. The quantitative estimate of drug-likeness (QED) is 0.820. The fourth-order valence-corrected chi connectivity index (χ4v) is 1.43. The number of benzene rings is 1. The van der Waals surface area contributed by atoms with Crippen molar-refractivity contribution in [2.75, 3.05) is 0 Å². The number of aromatic nitrogens is 2. The van der Waals surface area contributed by atoms with Gasteiger partial charge in [0.1, 0.15) is 0 Å². The lowest BCUT2D eigenvalue weighted by Gasteiger charge is -2.00. The summed E-state index contributed by atoms with van der Waals surface area (Å²) in [6, 6.07) is 7.94. The number of rotatable bonds is 3. The standard InChI is InChI=1S/C13H12N2O2/c1-10-2-5-12(6-3-10)15-9-11(8-14-15)4-7-13(16)17/h2-9H,1H3,(H,16,17)/b7-4+. The van der Waals surface area contributed by atoms with E-state index in [0.717, 1.165) is 17.3 Å². The zero-order chi connectivity index (χ0) is 12.3. The molecule has 2 aromatic rings. The predicted octanol–water partition coefficient (Wildman–Crippen LogP) is 2.28. The summed E-state index contributed by atoms with van der Waals surface area (Å²) in [4.78, 5) is 10.4. The topological polar surface area (TPSA) is 55.1 Å². The van der Waals surface area contributed by atoms with Gasteiger partial charge in [0.15, 0.2) is 0 Å². The number of carboxylic acids is 1. The summed E-state index contributed by atoms with van der Waals surface area (Å²) in [5.41, 5.74) is 2.89. The van der Waals surface area contributed by atoms with Crippen molar-refractivity contribution >= 4 is 12.0 Å². The fraction of sp³-hybridized carbons (Fsp3) is 0.0769. The minimum Gasteiger partial charge on any atom is -0.478 e. The minimum absolute atomic E-state index is 0.757. The molecule has 4 heteroatoms. The summed E-state index contributed by atoms with van der Waals surface area (Å²) in [6.07, 6.45) is 6.01. The number of carboxylic acid groups (broad SMARTS) is 1. The highest BCUT2D eigenvalue weighted by Gasteiger charge is 1.98. The van der Waals surface area contributed by atoms with Crippen molar-refractivity contribution in [2.24, 2.45) is 0 Å². The lowest BCUT2D eigenvalue weighted by atomic mass is 10.2. The minimum atomic E-state index is -0.965. The first-order chi connectivity index (χ1) is 8.15. The third kappa shape index (κ3) is 2.81. The summed E-state index contributed by atoms with van der Waals surface area (Å²) in [5, 5.41) is 12.7. The third-order valence-corrected chi connectivity index (χ3v) is 2.32. The molecule has 0 atom stereocenters. The Morgan fingerprint density at radius 3 is 2.71 bits per heavy atom. The van der Waals surface area contributed by atoms with E-state index in [1.807, 2.05) is 31.2 Å². The smallest absolute Gasteiger partial charge is 0.328 e. The zero-order valence-electron chi connectivity index (χ0n) is 9.37. The van der Waals surface area contributed by atoms with E-state index >= 15 is 0 Å². The van der Waals surface area contributed by atoms with Gasteiger partial charge in [-0.1, -0.05) is 17.7 Å². The average molecular weight is 228 g/mol. The van der Waals surface area contributed by atoms with E-state index in [1.165, 1.54) is 11.6 Å². The third-order valence-electron chi connectivity index (χ3n) is 2.32. The van der Waals surface area contributed by atoms with Gasteiger partial charge in [-0.25, -0.2) is 9.48 Å². The van der Waals surface area contributed by atoms with Crippen LogP contribution in [0.3, 0.4) is 0 Å². The van der Waals surface area contributed by atoms with Gasteiger partial charge in [-0.15, -0.1) is 0 Å². The normalized spacial score (nSPS) is 10.9. The Hall–Kier alpha value is -2.36. The second-order valence-electron chi connectivity index (χ2n) is 3.73. The van der Waals surface area contributed by atoms with Crippen LogP contribution in [0.15, 0.2) is 42.7 Å². The van der Waals surface area contributed by atoms with Crippen LogP contribution in [-0.4, -0.2) is 20.9 Å². The van der Waals surface area contributed by atoms with Crippen molar-refractivity contribution < 1.29 is 9.90 Å². The van der Waals surface area contributed by atoms with E-state index in [0.29, 0.717) is 0 Å². The van der Waals surface area contributed by atoms with Crippen LogP contribution < -0.4 is 0 Å². The van der Waals surface area contributed by atoms with Crippen LogP contribution in [0.25, 0.3) is 11.8 Å². The van der Waals surface area contributed by atoms with E-state index in [9.17, 15) is 4.79 Å². The Labute approximate surface area is 98.8 Å². The van der Waals surface area contributed by atoms with Crippen LogP contribution in [0.5, 0.6) is 0 Å². The predicted molar refractivity (Wildman–Crippen MR) is 65.0 cm³/mol. The molecule has 0 bridgehead atoms. The van der Waals surface area contributed by atoms with Crippen molar-refractivity contribution in [2.45, 2.75) is 6.92 Å². The highest BCUT2D eigenvalue weighted by atomic mass is 16.4. The molecule has 0 unspecified atom stereocenters.